The van der Waals surface area contributed by atoms with E-state index in [-0.39, 0.29) is 24.5 Å². The fourth-order valence-corrected chi connectivity index (χ4v) is 4.48. The Bertz CT molecular complexity index is 1150. The van der Waals surface area contributed by atoms with Crippen LogP contribution >= 0.6 is 11.3 Å². The van der Waals surface area contributed by atoms with Crippen LogP contribution in [-0.4, -0.2) is 41.0 Å². The van der Waals surface area contributed by atoms with Crippen LogP contribution in [0.1, 0.15) is 24.2 Å². The molecule has 4 rings (SSSR count). The van der Waals surface area contributed by atoms with Crippen molar-refractivity contribution in [3.63, 3.8) is 0 Å². The number of carbonyl (C=O) groups is 1. The van der Waals surface area contributed by atoms with Crippen LogP contribution in [0.15, 0.2) is 42.5 Å². The van der Waals surface area contributed by atoms with E-state index in [1.807, 2.05) is 32.0 Å². The normalized spacial score (nSPS) is 12.6. The maximum atomic E-state index is 12.9. The standard InChI is InChI=1S/C22H23N3O3S/c1-12(2)16(11-26)23-22(27)14-8-9-15-19(21(14)28-3)20(25-24-15)18-10-13-6-4-5-7-17(13)29-18/h4-10,12,16,26H,11H2,1-3H3,(H,23,27)(H,24,25)/t16-/m1/s1. The molecule has 0 fully saturated rings. The van der Waals surface area contributed by atoms with Gasteiger partial charge in [0.15, 0.2) is 0 Å². The van der Waals surface area contributed by atoms with Gasteiger partial charge in [-0.2, -0.15) is 5.10 Å². The van der Waals surface area contributed by atoms with E-state index >= 15 is 0 Å². The summed E-state index contributed by atoms with van der Waals surface area (Å²) in [5, 5.41) is 21.9. The van der Waals surface area contributed by atoms with E-state index in [9.17, 15) is 9.90 Å². The number of hydrogen-bond acceptors (Lipinski definition) is 5. The lowest BCUT2D eigenvalue weighted by Gasteiger charge is -2.20. The second kappa shape index (κ2) is 7.85. The number of aromatic amines is 1. The second-order valence-corrected chi connectivity index (χ2v) is 8.38. The smallest absolute Gasteiger partial charge is 0.255 e. The van der Waals surface area contributed by atoms with Crippen LogP contribution in [0.25, 0.3) is 31.6 Å². The van der Waals surface area contributed by atoms with Crippen molar-refractivity contribution in [2.45, 2.75) is 19.9 Å². The predicted molar refractivity (Wildman–Crippen MR) is 117 cm³/mol. The van der Waals surface area contributed by atoms with Gasteiger partial charge >= 0.3 is 0 Å². The molecule has 0 aliphatic carbocycles. The number of benzene rings is 2. The average molecular weight is 410 g/mol. The third-order valence-electron chi connectivity index (χ3n) is 5.11. The van der Waals surface area contributed by atoms with E-state index in [1.165, 1.54) is 4.70 Å². The number of rotatable bonds is 6. The second-order valence-electron chi connectivity index (χ2n) is 7.30. The molecule has 0 saturated carbocycles. The SMILES string of the molecule is COc1c(C(=O)N[C@H](CO)C(C)C)ccc2[nH]nc(-c3cc4ccccc4s3)c12. The highest BCUT2D eigenvalue weighted by molar-refractivity contribution is 7.22. The number of aliphatic hydroxyl groups is 1. The molecule has 0 aliphatic rings. The van der Waals surface area contributed by atoms with Gasteiger partial charge in [0.25, 0.3) is 5.91 Å². The molecule has 0 unspecified atom stereocenters. The number of aliphatic hydroxyl groups excluding tert-OH is 1. The number of nitrogens with one attached hydrogen (secondary N) is 2. The van der Waals surface area contributed by atoms with Gasteiger partial charge in [0.05, 0.1) is 41.1 Å². The quantitative estimate of drug-likeness (QED) is 0.445. The van der Waals surface area contributed by atoms with Crippen LogP contribution < -0.4 is 10.1 Å². The molecule has 6 nitrogen and oxygen atoms in total. The number of ether oxygens (including phenoxy) is 1. The predicted octanol–water partition coefficient (Wildman–Crippen LogP) is 4.20. The molecule has 7 heteroatoms. The summed E-state index contributed by atoms with van der Waals surface area (Å²) >= 11 is 1.65. The Morgan fingerprint density at radius 1 is 1.28 bits per heavy atom. The van der Waals surface area contributed by atoms with Gasteiger partial charge in [-0.15, -0.1) is 11.3 Å². The van der Waals surface area contributed by atoms with Crippen LogP contribution in [0.2, 0.25) is 0 Å². The van der Waals surface area contributed by atoms with Crippen LogP contribution in [0, 0.1) is 5.92 Å². The number of aromatic nitrogens is 2. The van der Waals surface area contributed by atoms with Crippen molar-refractivity contribution in [2.75, 3.05) is 13.7 Å². The van der Waals surface area contributed by atoms with Gasteiger partial charge in [-0.25, -0.2) is 0 Å². The Kier molecular flexibility index (Phi) is 5.25. The number of hydrogen-bond donors (Lipinski definition) is 3. The average Bonchev–Trinajstić information content (AvgIpc) is 3.34. The number of fused-ring (bicyclic) bond motifs is 2. The van der Waals surface area contributed by atoms with Crippen molar-refractivity contribution in [1.29, 1.82) is 0 Å². The van der Waals surface area contributed by atoms with E-state index in [4.69, 9.17) is 4.74 Å². The summed E-state index contributed by atoms with van der Waals surface area (Å²) in [6.07, 6.45) is 0. The molecule has 2 aromatic heterocycles. The van der Waals surface area contributed by atoms with Crippen molar-refractivity contribution in [1.82, 2.24) is 15.5 Å². The summed E-state index contributed by atoms with van der Waals surface area (Å²) in [5.41, 5.74) is 1.98. The van der Waals surface area contributed by atoms with Gasteiger partial charge in [-0.1, -0.05) is 32.0 Å². The molecule has 3 N–H and O–H groups in total. The number of H-pyrrole nitrogens is 1. The van der Waals surface area contributed by atoms with Gasteiger partial charge < -0.3 is 15.2 Å². The molecule has 0 radical (unpaired) electrons. The molecule has 0 saturated heterocycles. The van der Waals surface area contributed by atoms with Gasteiger partial charge in [0.2, 0.25) is 0 Å². The number of carbonyl (C=O) groups excluding carboxylic acids is 1. The minimum atomic E-state index is -0.325. The first-order valence-corrected chi connectivity index (χ1v) is 10.3. The molecule has 0 spiro atoms. The van der Waals surface area contributed by atoms with Crippen molar-refractivity contribution in [3.05, 3.63) is 48.0 Å². The first-order valence-electron chi connectivity index (χ1n) is 9.49. The Morgan fingerprint density at radius 2 is 2.07 bits per heavy atom. The lowest BCUT2D eigenvalue weighted by Crippen LogP contribution is -2.41. The first kappa shape index (κ1) is 19.4. The summed E-state index contributed by atoms with van der Waals surface area (Å²) in [5.74, 6) is 0.309. The molecule has 0 aliphatic heterocycles. The van der Waals surface area contributed by atoms with Gasteiger partial charge in [-0.05, 0) is 35.6 Å². The van der Waals surface area contributed by atoms with Crippen molar-refractivity contribution in [2.24, 2.45) is 5.92 Å². The molecular weight excluding hydrogens is 386 g/mol. The number of thiophene rings is 1. The van der Waals surface area contributed by atoms with Gasteiger partial charge in [-0.3, -0.25) is 9.89 Å². The van der Waals surface area contributed by atoms with Crippen LogP contribution in [0.3, 0.4) is 0 Å². The van der Waals surface area contributed by atoms with E-state index in [1.54, 1.807) is 24.5 Å². The largest absolute Gasteiger partial charge is 0.495 e. The minimum absolute atomic E-state index is 0.113. The molecule has 150 valence electrons. The topological polar surface area (TPSA) is 87.2 Å². The van der Waals surface area contributed by atoms with Crippen LogP contribution in [-0.2, 0) is 0 Å². The molecular formula is C22H23N3O3S. The van der Waals surface area contributed by atoms with Crippen LogP contribution in [0.4, 0.5) is 0 Å². The molecule has 1 atom stereocenters. The monoisotopic (exact) mass is 409 g/mol. The van der Waals surface area contributed by atoms with Crippen molar-refractivity contribution < 1.29 is 14.6 Å². The highest BCUT2D eigenvalue weighted by Gasteiger charge is 2.23. The number of amides is 1. The summed E-state index contributed by atoms with van der Waals surface area (Å²) in [6, 6.07) is 13.5. The zero-order valence-electron chi connectivity index (χ0n) is 16.5. The van der Waals surface area contributed by atoms with Crippen molar-refractivity contribution in [3.8, 4) is 16.3 Å². The van der Waals surface area contributed by atoms with Gasteiger partial charge in [0, 0.05) is 4.70 Å². The Balaban J connectivity index is 1.82. The Morgan fingerprint density at radius 3 is 2.76 bits per heavy atom. The molecule has 1 amide bonds. The van der Waals surface area contributed by atoms with E-state index < -0.39 is 0 Å². The summed E-state index contributed by atoms with van der Waals surface area (Å²) < 4.78 is 6.85. The Hall–Kier alpha value is -2.90. The molecule has 29 heavy (non-hydrogen) atoms. The fraction of sp³-hybridized carbons (Fsp3) is 0.273. The minimum Gasteiger partial charge on any atom is -0.495 e. The lowest BCUT2D eigenvalue weighted by atomic mass is 10.0. The van der Waals surface area contributed by atoms with E-state index in [0.717, 1.165) is 26.9 Å². The maximum absolute atomic E-state index is 12.9. The summed E-state index contributed by atoms with van der Waals surface area (Å²) in [6.45, 7) is 3.79. The zero-order chi connectivity index (χ0) is 20.5. The molecule has 0 bridgehead atoms. The van der Waals surface area contributed by atoms with E-state index in [2.05, 4.69) is 33.7 Å². The highest BCUT2D eigenvalue weighted by atomic mass is 32.1. The molecule has 2 heterocycles. The highest BCUT2D eigenvalue weighted by Crippen LogP contribution is 2.40. The third-order valence-corrected chi connectivity index (χ3v) is 6.23. The van der Waals surface area contributed by atoms with Crippen molar-refractivity contribution >= 4 is 38.2 Å². The summed E-state index contributed by atoms with van der Waals surface area (Å²) in [4.78, 5) is 13.9. The van der Waals surface area contributed by atoms with Gasteiger partial charge in [0.1, 0.15) is 11.4 Å². The summed E-state index contributed by atoms with van der Waals surface area (Å²) in [7, 11) is 1.55. The number of nitrogens with zero attached hydrogens (tertiary/aromatic N) is 1. The first-order chi connectivity index (χ1) is 14.0. The molecule has 2 aromatic carbocycles. The zero-order valence-corrected chi connectivity index (χ0v) is 17.3. The number of methoxy groups -OCH3 is 1. The molecule has 4 aromatic rings. The third kappa shape index (κ3) is 3.47. The maximum Gasteiger partial charge on any atom is 0.255 e. The van der Waals surface area contributed by atoms with E-state index in [0.29, 0.717) is 11.3 Å². The lowest BCUT2D eigenvalue weighted by molar-refractivity contribution is 0.0894. The van der Waals surface area contributed by atoms with Crippen LogP contribution in [0.5, 0.6) is 5.75 Å². The fourth-order valence-electron chi connectivity index (χ4n) is 3.42. The Labute approximate surface area is 172 Å².